The first kappa shape index (κ1) is 10.4. The van der Waals surface area contributed by atoms with Crippen LogP contribution in [0.1, 0.15) is 32.1 Å². The first-order chi connectivity index (χ1) is 6.95. The zero-order valence-corrected chi connectivity index (χ0v) is 8.84. The summed E-state index contributed by atoms with van der Waals surface area (Å²) >= 11 is 0. The van der Waals surface area contributed by atoms with Crippen molar-refractivity contribution in [3.8, 4) is 0 Å². The fourth-order valence-electron chi connectivity index (χ4n) is 2.20. The maximum Gasteiger partial charge on any atom is 0.0699 e. The average molecular weight is 199 g/mol. The molecule has 0 amide bonds. The molecule has 0 bridgehead atoms. The zero-order valence-electron chi connectivity index (χ0n) is 8.84. The van der Waals surface area contributed by atoms with Gasteiger partial charge >= 0.3 is 0 Å². The molecule has 0 spiro atoms. The Hall–Kier alpha value is -0.120. The van der Waals surface area contributed by atoms with Crippen LogP contribution in [0.15, 0.2) is 0 Å². The standard InChI is InChI=1S/C11H21NO2/c1-3-11(9-12-6-1)14-8-5-10-4-2-7-13-10/h10-12H,1-9H2. The Bertz CT molecular complexity index is 151. The summed E-state index contributed by atoms with van der Waals surface area (Å²) in [4.78, 5) is 0. The number of hydrogen-bond donors (Lipinski definition) is 1. The summed E-state index contributed by atoms with van der Waals surface area (Å²) in [6, 6.07) is 0. The van der Waals surface area contributed by atoms with Crippen LogP contribution < -0.4 is 5.32 Å². The van der Waals surface area contributed by atoms with E-state index in [0.29, 0.717) is 12.2 Å². The van der Waals surface area contributed by atoms with Crippen LogP contribution in [0.5, 0.6) is 0 Å². The first-order valence-electron chi connectivity index (χ1n) is 5.89. The van der Waals surface area contributed by atoms with Gasteiger partial charge in [-0.1, -0.05) is 0 Å². The fraction of sp³-hybridized carbons (Fsp3) is 1.00. The molecule has 2 fully saturated rings. The summed E-state index contributed by atoms with van der Waals surface area (Å²) in [5, 5.41) is 3.36. The highest BCUT2D eigenvalue weighted by Crippen LogP contribution is 2.16. The molecule has 0 aromatic rings. The van der Waals surface area contributed by atoms with E-state index in [1.54, 1.807) is 0 Å². The molecular weight excluding hydrogens is 178 g/mol. The molecule has 82 valence electrons. The van der Waals surface area contributed by atoms with Gasteiger partial charge in [-0.3, -0.25) is 0 Å². The molecule has 2 aliphatic rings. The molecule has 0 aromatic heterocycles. The molecule has 2 aliphatic heterocycles. The Kier molecular flexibility index (Phi) is 4.22. The van der Waals surface area contributed by atoms with Crippen molar-refractivity contribution in [3.63, 3.8) is 0 Å². The Labute approximate surface area is 86.2 Å². The molecule has 0 aliphatic carbocycles. The maximum absolute atomic E-state index is 5.80. The van der Waals surface area contributed by atoms with Gasteiger partial charge in [0.1, 0.15) is 0 Å². The van der Waals surface area contributed by atoms with Gasteiger partial charge in [0, 0.05) is 19.8 Å². The van der Waals surface area contributed by atoms with Crippen LogP contribution in [0.3, 0.4) is 0 Å². The molecule has 0 radical (unpaired) electrons. The Balaban J connectivity index is 1.52. The molecule has 3 heteroatoms. The molecule has 2 atom stereocenters. The quantitative estimate of drug-likeness (QED) is 0.741. The van der Waals surface area contributed by atoms with Crippen molar-refractivity contribution in [3.05, 3.63) is 0 Å². The zero-order chi connectivity index (χ0) is 9.64. The lowest BCUT2D eigenvalue weighted by Crippen LogP contribution is -2.35. The SMILES string of the molecule is C1COC(CCOC2CCCNC2)C1. The van der Waals surface area contributed by atoms with E-state index in [-0.39, 0.29) is 0 Å². The fourth-order valence-corrected chi connectivity index (χ4v) is 2.20. The minimum Gasteiger partial charge on any atom is -0.378 e. The first-order valence-corrected chi connectivity index (χ1v) is 5.89. The highest BCUT2D eigenvalue weighted by atomic mass is 16.5. The topological polar surface area (TPSA) is 30.5 Å². The lowest BCUT2D eigenvalue weighted by atomic mass is 10.1. The maximum atomic E-state index is 5.80. The third kappa shape index (κ3) is 3.23. The summed E-state index contributed by atoms with van der Waals surface area (Å²) < 4.78 is 11.3. The van der Waals surface area contributed by atoms with Crippen LogP contribution in [-0.4, -0.2) is 38.5 Å². The second-order valence-corrected chi connectivity index (χ2v) is 4.26. The van der Waals surface area contributed by atoms with Crippen molar-refractivity contribution in [1.82, 2.24) is 5.32 Å². The second-order valence-electron chi connectivity index (χ2n) is 4.26. The normalized spacial score (nSPS) is 33.4. The van der Waals surface area contributed by atoms with Crippen molar-refractivity contribution in [2.45, 2.75) is 44.3 Å². The minimum absolute atomic E-state index is 0.449. The average Bonchev–Trinajstić information content (AvgIpc) is 2.72. The Morgan fingerprint density at radius 2 is 2.29 bits per heavy atom. The van der Waals surface area contributed by atoms with Crippen LogP contribution >= 0.6 is 0 Å². The summed E-state index contributed by atoms with van der Waals surface area (Å²) in [5.41, 5.74) is 0. The molecule has 1 N–H and O–H groups in total. The molecule has 14 heavy (non-hydrogen) atoms. The molecule has 2 unspecified atom stereocenters. The van der Waals surface area contributed by atoms with E-state index in [4.69, 9.17) is 9.47 Å². The molecule has 0 saturated carbocycles. The van der Waals surface area contributed by atoms with Crippen molar-refractivity contribution < 1.29 is 9.47 Å². The summed E-state index contributed by atoms with van der Waals surface area (Å²) in [6.45, 7) is 4.02. The van der Waals surface area contributed by atoms with E-state index in [0.717, 1.165) is 32.7 Å². The van der Waals surface area contributed by atoms with E-state index in [2.05, 4.69) is 5.32 Å². The Morgan fingerprint density at radius 3 is 3.00 bits per heavy atom. The van der Waals surface area contributed by atoms with Crippen LogP contribution in [0.4, 0.5) is 0 Å². The van der Waals surface area contributed by atoms with E-state index in [1.807, 2.05) is 0 Å². The lowest BCUT2D eigenvalue weighted by molar-refractivity contribution is 0.00979. The van der Waals surface area contributed by atoms with Crippen molar-refractivity contribution in [2.24, 2.45) is 0 Å². The molecule has 0 aromatic carbocycles. The summed E-state index contributed by atoms with van der Waals surface area (Å²) in [6.07, 6.45) is 6.94. The van der Waals surface area contributed by atoms with Gasteiger partial charge < -0.3 is 14.8 Å². The summed E-state index contributed by atoms with van der Waals surface area (Å²) in [7, 11) is 0. The summed E-state index contributed by atoms with van der Waals surface area (Å²) in [5.74, 6) is 0. The molecule has 3 nitrogen and oxygen atoms in total. The third-order valence-electron chi connectivity index (χ3n) is 3.07. The predicted octanol–water partition coefficient (Wildman–Crippen LogP) is 1.32. The van der Waals surface area contributed by atoms with E-state index in [1.165, 1.54) is 25.7 Å². The predicted molar refractivity (Wildman–Crippen MR) is 55.4 cm³/mol. The number of nitrogens with one attached hydrogen (secondary N) is 1. The van der Waals surface area contributed by atoms with Gasteiger partial charge in [-0.05, 0) is 38.6 Å². The van der Waals surface area contributed by atoms with Crippen molar-refractivity contribution >= 4 is 0 Å². The van der Waals surface area contributed by atoms with Gasteiger partial charge in [0.25, 0.3) is 0 Å². The molecule has 2 rings (SSSR count). The second kappa shape index (κ2) is 5.69. The largest absolute Gasteiger partial charge is 0.378 e. The van der Waals surface area contributed by atoms with E-state index < -0.39 is 0 Å². The number of ether oxygens (including phenoxy) is 2. The van der Waals surface area contributed by atoms with Gasteiger partial charge in [0.05, 0.1) is 12.2 Å². The van der Waals surface area contributed by atoms with Gasteiger partial charge in [0.15, 0.2) is 0 Å². The highest BCUT2D eigenvalue weighted by molar-refractivity contribution is 4.70. The van der Waals surface area contributed by atoms with Gasteiger partial charge in [-0.25, -0.2) is 0 Å². The van der Waals surface area contributed by atoms with E-state index in [9.17, 15) is 0 Å². The van der Waals surface area contributed by atoms with Crippen molar-refractivity contribution in [1.29, 1.82) is 0 Å². The van der Waals surface area contributed by atoms with Crippen LogP contribution in [0, 0.1) is 0 Å². The molecule has 2 heterocycles. The third-order valence-corrected chi connectivity index (χ3v) is 3.07. The van der Waals surface area contributed by atoms with Crippen molar-refractivity contribution in [2.75, 3.05) is 26.3 Å². The van der Waals surface area contributed by atoms with Gasteiger partial charge in [-0.15, -0.1) is 0 Å². The molecular formula is C11H21NO2. The van der Waals surface area contributed by atoms with Gasteiger partial charge in [0.2, 0.25) is 0 Å². The van der Waals surface area contributed by atoms with Crippen LogP contribution in [-0.2, 0) is 9.47 Å². The Morgan fingerprint density at radius 1 is 1.29 bits per heavy atom. The van der Waals surface area contributed by atoms with Gasteiger partial charge in [-0.2, -0.15) is 0 Å². The number of piperidine rings is 1. The number of rotatable bonds is 4. The monoisotopic (exact) mass is 199 g/mol. The lowest BCUT2D eigenvalue weighted by Gasteiger charge is -2.23. The minimum atomic E-state index is 0.449. The highest BCUT2D eigenvalue weighted by Gasteiger charge is 2.17. The number of hydrogen-bond acceptors (Lipinski definition) is 3. The van der Waals surface area contributed by atoms with E-state index >= 15 is 0 Å². The van der Waals surface area contributed by atoms with Crippen LogP contribution in [0.2, 0.25) is 0 Å². The van der Waals surface area contributed by atoms with Crippen LogP contribution in [0.25, 0.3) is 0 Å². The smallest absolute Gasteiger partial charge is 0.0699 e. The molecule has 2 saturated heterocycles.